The average molecular weight is 274 g/mol. The third-order valence-electron chi connectivity index (χ3n) is 2.90. The first-order valence-electron chi connectivity index (χ1n) is 6.19. The molecule has 3 heteroatoms. The molecule has 0 aliphatic carbocycles. The molecule has 0 aliphatic rings. The van der Waals surface area contributed by atoms with Crippen LogP contribution in [0.25, 0.3) is 0 Å². The second kappa shape index (κ2) is 5.89. The second-order valence-corrected chi connectivity index (χ2v) is 5.14. The topological polar surface area (TPSA) is 32.6 Å². The maximum Gasteiger partial charge on any atom is 0.124 e. The van der Waals surface area contributed by atoms with Gasteiger partial charge in [0.05, 0.1) is 5.69 Å². The normalized spacial score (nSPS) is 11.4. The zero-order chi connectivity index (χ0) is 13.8. The van der Waals surface area contributed by atoms with Crippen molar-refractivity contribution in [1.29, 1.82) is 0 Å². The van der Waals surface area contributed by atoms with Gasteiger partial charge in [-0.1, -0.05) is 37.6 Å². The number of phenols is 1. The number of hydrogen-bond donors (Lipinski definition) is 1. The molecule has 0 saturated carbocycles. The molecule has 0 unspecified atom stereocenters. The van der Waals surface area contributed by atoms with Crippen molar-refractivity contribution in [2.24, 2.45) is 4.99 Å². The third-order valence-corrected chi connectivity index (χ3v) is 3.14. The lowest BCUT2D eigenvalue weighted by Crippen LogP contribution is -1.85. The van der Waals surface area contributed by atoms with E-state index in [0.717, 1.165) is 5.69 Å². The number of hydrogen-bond acceptors (Lipinski definition) is 2. The SMILES string of the molecule is CC(C)c1ccc(N=Cc2cc(Cl)ccc2O)cc1. The summed E-state index contributed by atoms with van der Waals surface area (Å²) in [6.07, 6.45) is 1.62. The molecular weight excluding hydrogens is 258 g/mol. The van der Waals surface area contributed by atoms with Crippen LogP contribution in [0.15, 0.2) is 47.5 Å². The summed E-state index contributed by atoms with van der Waals surface area (Å²) < 4.78 is 0. The van der Waals surface area contributed by atoms with Crippen LogP contribution in [0.5, 0.6) is 5.75 Å². The molecule has 0 atom stereocenters. The minimum Gasteiger partial charge on any atom is -0.507 e. The first-order chi connectivity index (χ1) is 9.06. The highest BCUT2D eigenvalue weighted by atomic mass is 35.5. The molecule has 0 saturated heterocycles. The summed E-state index contributed by atoms with van der Waals surface area (Å²) in [6.45, 7) is 4.31. The van der Waals surface area contributed by atoms with Crippen LogP contribution < -0.4 is 0 Å². The van der Waals surface area contributed by atoms with Crippen molar-refractivity contribution in [1.82, 2.24) is 0 Å². The van der Waals surface area contributed by atoms with Crippen molar-refractivity contribution in [2.75, 3.05) is 0 Å². The Labute approximate surface area is 118 Å². The van der Waals surface area contributed by atoms with E-state index in [0.29, 0.717) is 16.5 Å². The summed E-state index contributed by atoms with van der Waals surface area (Å²) in [5.74, 6) is 0.682. The number of halogens is 1. The van der Waals surface area contributed by atoms with Gasteiger partial charge in [-0.15, -0.1) is 0 Å². The molecule has 0 aromatic heterocycles. The Morgan fingerprint density at radius 3 is 2.42 bits per heavy atom. The predicted octanol–water partition coefficient (Wildman–Crippen LogP) is 4.92. The second-order valence-electron chi connectivity index (χ2n) is 4.71. The summed E-state index contributed by atoms with van der Waals surface area (Å²) in [5.41, 5.74) is 2.74. The number of aliphatic imine (C=N–C) groups is 1. The van der Waals surface area contributed by atoms with Crippen LogP contribution in [-0.4, -0.2) is 11.3 Å². The van der Waals surface area contributed by atoms with Gasteiger partial charge < -0.3 is 5.11 Å². The molecule has 2 aromatic rings. The summed E-state index contributed by atoms with van der Waals surface area (Å²) in [4.78, 5) is 4.34. The van der Waals surface area contributed by atoms with E-state index in [1.54, 1.807) is 24.4 Å². The highest BCUT2D eigenvalue weighted by Crippen LogP contribution is 2.22. The smallest absolute Gasteiger partial charge is 0.124 e. The molecule has 0 amide bonds. The van der Waals surface area contributed by atoms with Crippen LogP contribution in [-0.2, 0) is 0 Å². The Morgan fingerprint density at radius 1 is 1.11 bits per heavy atom. The molecule has 98 valence electrons. The summed E-state index contributed by atoms with van der Waals surface area (Å²) in [7, 11) is 0. The number of nitrogens with zero attached hydrogens (tertiary/aromatic N) is 1. The molecule has 0 bridgehead atoms. The van der Waals surface area contributed by atoms with Crippen LogP contribution in [0, 0.1) is 0 Å². The monoisotopic (exact) mass is 273 g/mol. The van der Waals surface area contributed by atoms with Crippen molar-refractivity contribution in [3.05, 3.63) is 58.6 Å². The molecular formula is C16H16ClNO. The van der Waals surface area contributed by atoms with Gasteiger partial charge in [-0.2, -0.15) is 0 Å². The molecule has 2 rings (SSSR count). The van der Waals surface area contributed by atoms with E-state index in [2.05, 4.69) is 31.0 Å². The number of rotatable bonds is 3. The fraction of sp³-hybridized carbons (Fsp3) is 0.188. The molecule has 0 spiro atoms. The molecule has 1 N–H and O–H groups in total. The van der Waals surface area contributed by atoms with Crippen molar-refractivity contribution >= 4 is 23.5 Å². The van der Waals surface area contributed by atoms with Gasteiger partial charge in [0.25, 0.3) is 0 Å². The molecule has 0 fully saturated rings. The van der Waals surface area contributed by atoms with Gasteiger partial charge in [-0.3, -0.25) is 4.99 Å². The average Bonchev–Trinajstić information content (AvgIpc) is 2.40. The zero-order valence-electron chi connectivity index (χ0n) is 11.0. The number of aromatic hydroxyl groups is 1. The van der Waals surface area contributed by atoms with Crippen LogP contribution in [0.1, 0.15) is 30.9 Å². The van der Waals surface area contributed by atoms with E-state index in [1.807, 2.05) is 12.1 Å². The minimum absolute atomic E-state index is 0.173. The Kier molecular flexibility index (Phi) is 4.23. The van der Waals surface area contributed by atoms with Gasteiger partial charge in [0, 0.05) is 16.8 Å². The fourth-order valence-corrected chi connectivity index (χ4v) is 1.90. The van der Waals surface area contributed by atoms with Crippen LogP contribution in [0.2, 0.25) is 5.02 Å². The van der Waals surface area contributed by atoms with E-state index in [-0.39, 0.29) is 5.75 Å². The van der Waals surface area contributed by atoms with E-state index >= 15 is 0 Å². The first-order valence-corrected chi connectivity index (χ1v) is 6.56. The standard InChI is InChI=1S/C16H16ClNO/c1-11(2)12-3-6-15(7-4-12)18-10-13-9-14(17)5-8-16(13)19/h3-11,19H,1-2H3. The third kappa shape index (κ3) is 3.58. The highest BCUT2D eigenvalue weighted by Gasteiger charge is 2.00. The molecule has 2 nitrogen and oxygen atoms in total. The van der Waals surface area contributed by atoms with Gasteiger partial charge in [0.2, 0.25) is 0 Å². The largest absolute Gasteiger partial charge is 0.507 e. The lowest BCUT2D eigenvalue weighted by atomic mass is 10.0. The van der Waals surface area contributed by atoms with Gasteiger partial charge in [0.1, 0.15) is 5.75 Å². The Bertz CT molecular complexity index is 588. The van der Waals surface area contributed by atoms with E-state index in [4.69, 9.17) is 11.6 Å². The Balaban J connectivity index is 2.20. The molecule has 0 heterocycles. The maximum absolute atomic E-state index is 9.68. The molecule has 19 heavy (non-hydrogen) atoms. The van der Waals surface area contributed by atoms with Crippen molar-refractivity contribution in [3.8, 4) is 5.75 Å². The number of benzene rings is 2. The zero-order valence-corrected chi connectivity index (χ0v) is 11.7. The van der Waals surface area contributed by atoms with Gasteiger partial charge in [0.15, 0.2) is 0 Å². The minimum atomic E-state index is 0.173. The predicted molar refractivity (Wildman–Crippen MR) is 80.9 cm³/mol. The quantitative estimate of drug-likeness (QED) is 0.791. The van der Waals surface area contributed by atoms with Crippen molar-refractivity contribution < 1.29 is 5.11 Å². The molecule has 0 radical (unpaired) electrons. The van der Waals surface area contributed by atoms with Crippen LogP contribution >= 0.6 is 11.6 Å². The van der Waals surface area contributed by atoms with Gasteiger partial charge in [-0.05, 0) is 41.8 Å². The number of phenolic OH excluding ortho intramolecular Hbond substituents is 1. The Hall–Kier alpha value is -1.80. The van der Waals surface area contributed by atoms with Crippen molar-refractivity contribution in [3.63, 3.8) is 0 Å². The molecule has 0 aliphatic heterocycles. The highest BCUT2D eigenvalue weighted by molar-refractivity contribution is 6.30. The summed E-state index contributed by atoms with van der Waals surface area (Å²) in [5, 5.41) is 10.3. The molecule has 2 aromatic carbocycles. The lowest BCUT2D eigenvalue weighted by Gasteiger charge is -2.04. The van der Waals surface area contributed by atoms with Crippen molar-refractivity contribution in [2.45, 2.75) is 19.8 Å². The van der Waals surface area contributed by atoms with E-state index < -0.39 is 0 Å². The van der Waals surface area contributed by atoms with Crippen LogP contribution in [0.3, 0.4) is 0 Å². The van der Waals surface area contributed by atoms with Gasteiger partial charge >= 0.3 is 0 Å². The van der Waals surface area contributed by atoms with Crippen LogP contribution in [0.4, 0.5) is 5.69 Å². The van der Waals surface area contributed by atoms with E-state index in [1.165, 1.54) is 5.56 Å². The fourth-order valence-electron chi connectivity index (χ4n) is 1.72. The summed E-state index contributed by atoms with van der Waals surface area (Å²) >= 11 is 5.88. The lowest BCUT2D eigenvalue weighted by molar-refractivity contribution is 0.474. The first kappa shape index (κ1) is 13.6. The van der Waals surface area contributed by atoms with E-state index in [9.17, 15) is 5.11 Å². The maximum atomic E-state index is 9.68. The summed E-state index contributed by atoms with van der Waals surface area (Å²) in [6, 6.07) is 12.9. The van der Waals surface area contributed by atoms with Gasteiger partial charge in [-0.25, -0.2) is 0 Å². The Morgan fingerprint density at radius 2 is 1.79 bits per heavy atom.